The van der Waals surface area contributed by atoms with Crippen molar-refractivity contribution in [1.29, 1.82) is 0 Å². The highest BCUT2D eigenvalue weighted by molar-refractivity contribution is 6.00. The van der Waals surface area contributed by atoms with Crippen LogP contribution >= 0.6 is 0 Å². The van der Waals surface area contributed by atoms with E-state index in [0.29, 0.717) is 25.3 Å². The summed E-state index contributed by atoms with van der Waals surface area (Å²) in [5.74, 6) is 1.73. The molecule has 1 aliphatic heterocycles. The van der Waals surface area contributed by atoms with Crippen LogP contribution < -0.4 is 10.1 Å². The summed E-state index contributed by atoms with van der Waals surface area (Å²) in [6.07, 6.45) is 1.36. The van der Waals surface area contributed by atoms with Crippen LogP contribution in [-0.2, 0) is 16.0 Å². The number of nitrogens with zero attached hydrogens (tertiary/aromatic N) is 1. The van der Waals surface area contributed by atoms with E-state index in [1.54, 1.807) is 0 Å². The summed E-state index contributed by atoms with van der Waals surface area (Å²) in [4.78, 5) is 27.3. The molecular weight excluding hydrogens is 408 g/mol. The van der Waals surface area contributed by atoms with E-state index < -0.39 is 18.1 Å². The molecule has 0 spiro atoms. The van der Waals surface area contributed by atoms with E-state index in [1.807, 2.05) is 74.5 Å². The molecule has 3 aromatic rings. The molecule has 4 rings (SSSR count). The number of rotatable bonds is 8. The fraction of sp³-hybridized carbons (Fsp3) is 0.240. The van der Waals surface area contributed by atoms with Gasteiger partial charge in [-0.2, -0.15) is 0 Å². The molecule has 7 heteroatoms. The number of hydrogen-bond donors (Lipinski definition) is 1. The highest BCUT2D eigenvalue weighted by Crippen LogP contribution is 2.23. The molecule has 1 N–H and O–H groups in total. The topological polar surface area (TPSA) is 90.7 Å². The van der Waals surface area contributed by atoms with Gasteiger partial charge in [-0.15, -0.1) is 0 Å². The van der Waals surface area contributed by atoms with Crippen molar-refractivity contribution in [3.05, 3.63) is 77.7 Å². The maximum atomic E-state index is 11.6. The molecule has 1 fully saturated rings. The minimum atomic E-state index is -0.775. The predicted octanol–water partition coefficient (Wildman–Crippen LogP) is 4.70. The van der Waals surface area contributed by atoms with Crippen LogP contribution in [-0.4, -0.2) is 29.7 Å². The molecular formula is C25H24N2O5. The number of alkyl carbamates (subject to hydrolysis) is 1. The Labute approximate surface area is 186 Å². The number of aryl methyl sites for hydroxylation is 1. The standard InChI is InChI=1S/C25H24N2O5/c1-16(11-12-22-23(28)27-25(29)32-22)19-9-6-10-20(15-19)30-14-13-21-17(2)31-24(26-21)18-7-4-3-5-8-18/h3-11,15,22H,12-14H2,1-2H3,(H,27,28,29)/b16-11-. The number of cyclic esters (lactones) is 1. The van der Waals surface area contributed by atoms with E-state index in [9.17, 15) is 9.59 Å². The van der Waals surface area contributed by atoms with Gasteiger partial charge < -0.3 is 13.9 Å². The lowest BCUT2D eigenvalue weighted by molar-refractivity contribution is -0.123. The molecule has 1 saturated heterocycles. The number of amides is 2. The van der Waals surface area contributed by atoms with Gasteiger partial charge in [0.25, 0.3) is 5.91 Å². The Hall–Kier alpha value is -3.87. The number of carbonyl (C=O) groups is 2. The summed E-state index contributed by atoms with van der Waals surface area (Å²) < 4.78 is 16.7. The Morgan fingerprint density at radius 2 is 1.97 bits per heavy atom. The molecule has 1 unspecified atom stereocenters. The molecule has 7 nitrogen and oxygen atoms in total. The lowest BCUT2D eigenvalue weighted by Crippen LogP contribution is -2.23. The van der Waals surface area contributed by atoms with E-state index in [0.717, 1.165) is 33.9 Å². The third-order valence-corrected chi connectivity index (χ3v) is 5.22. The van der Waals surface area contributed by atoms with Crippen LogP contribution in [0.4, 0.5) is 4.79 Å². The van der Waals surface area contributed by atoms with Gasteiger partial charge in [0.15, 0.2) is 6.10 Å². The predicted molar refractivity (Wildman–Crippen MR) is 119 cm³/mol. The lowest BCUT2D eigenvalue weighted by Gasteiger charge is -2.09. The summed E-state index contributed by atoms with van der Waals surface area (Å²) in [5.41, 5.74) is 3.75. The van der Waals surface area contributed by atoms with Crippen molar-refractivity contribution in [2.75, 3.05) is 6.61 Å². The van der Waals surface area contributed by atoms with Crippen LogP contribution in [0.2, 0.25) is 0 Å². The molecule has 2 amide bonds. The van der Waals surface area contributed by atoms with Crippen LogP contribution in [0.15, 0.2) is 65.1 Å². The van der Waals surface area contributed by atoms with Gasteiger partial charge in [0.1, 0.15) is 11.5 Å². The van der Waals surface area contributed by atoms with Crippen LogP contribution in [0.1, 0.15) is 30.4 Å². The van der Waals surface area contributed by atoms with Crippen molar-refractivity contribution in [2.45, 2.75) is 32.8 Å². The van der Waals surface area contributed by atoms with Gasteiger partial charge in [-0.05, 0) is 49.2 Å². The molecule has 1 aliphatic rings. The molecule has 2 heterocycles. The number of aromatic nitrogens is 1. The molecule has 0 saturated carbocycles. The zero-order valence-electron chi connectivity index (χ0n) is 18.0. The number of allylic oxidation sites excluding steroid dienone is 1. The first-order valence-corrected chi connectivity index (χ1v) is 10.4. The zero-order valence-corrected chi connectivity index (χ0v) is 18.0. The minimum absolute atomic E-state index is 0.323. The van der Waals surface area contributed by atoms with Crippen molar-refractivity contribution in [2.24, 2.45) is 0 Å². The highest BCUT2D eigenvalue weighted by atomic mass is 16.6. The van der Waals surface area contributed by atoms with Gasteiger partial charge in [-0.3, -0.25) is 10.1 Å². The van der Waals surface area contributed by atoms with Crippen LogP contribution in [0.5, 0.6) is 5.75 Å². The van der Waals surface area contributed by atoms with Crippen molar-refractivity contribution in [1.82, 2.24) is 10.3 Å². The molecule has 1 aromatic heterocycles. The zero-order chi connectivity index (χ0) is 22.5. The third kappa shape index (κ3) is 5.06. The van der Waals surface area contributed by atoms with E-state index >= 15 is 0 Å². The van der Waals surface area contributed by atoms with Crippen molar-refractivity contribution < 1.29 is 23.5 Å². The second-order valence-corrected chi connectivity index (χ2v) is 7.52. The first-order valence-electron chi connectivity index (χ1n) is 10.4. The molecule has 164 valence electrons. The van der Waals surface area contributed by atoms with E-state index in [2.05, 4.69) is 10.3 Å². The van der Waals surface area contributed by atoms with Crippen molar-refractivity contribution in [3.8, 4) is 17.2 Å². The Morgan fingerprint density at radius 1 is 1.16 bits per heavy atom. The number of benzene rings is 2. The molecule has 1 atom stereocenters. The van der Waals surface area contributed by atoms with Crippen LogP contribution in [0.25, 0.3) is 17.0 Å². The number of nitrogens with one attached hydrogen (secondary N) is 1. The quantitative estimate of drug-likeness (QED) is 0.555. The largest absolute Gasteiger partial charge is 0.493 e. The van der Waals surface area contributed by atoms with Crippen molar-refractivity contribution in [3.63, 3.8) is 0 Å². The fourth-order valence-electron chi connectivity index (χ4n) is 3.41. The maximum absolute atomic E-state index is 11.6. The first-order chi connectivity index (χ1) is 15.5. The second kappa shape index (κ2) is 9.51. The van der Waals surface area contributed by atoms with Gasteiger partial charge in [0.2, 0.25) is 5.89 Å². The van der Waals surface area contributed by atoms with Gasteiger partial charge in [-0.1, -0.05) is 36.4 Å². The Morgan fingerprint density at radius 3 is 2.72 bits per heavy atom. The van der Waals surface area contributed by atoms with E-state index in [4.69, 9.17) is 13.9 Å². The minimum Gasteiger partial charge on any atom is -0.493 e. The molecule has 2 aromatic carbocycles. The third-order valence-electron chi connectivity index (χ3n) is 5.22. The second-order valence-electron chi connectivity index (χ2n) is 7.52. The van der Waals surface area contributed by atoms with Crippen LogP contribution in [0.3, 0.4) is 0 Å². The first kappa shape index (κ1) is 21.4. The summed E-state index contributed by atoms with van der Waals surface area (Å²) in [6.45, 7) is 4.31. The smallest absolute Gasteiger partial charge is 0.414 e. The lowest BCUT2D eigenvalue weighted by atomic mass is 10.0. The normalized spacial score (nSPS) is 16.1. The SMILES string of the molecule is C/C(=C/CC1OC(=O)NC1=O)c1cccc(OCCc2nc(-c3ccccc3)oc2C)c1. The van der Waals surface area contributed by atoms with Gasteiger partial charge in [0.05, 0.1) is 12.3 Å². The number of oxazole rings is 1. The highest BCUT2D eigenvalue weighted by Gasteiger charge is 2.30. The monoisotopic (exact) mass is 432 g/mol. The fourth-order valence-corrected chi connectivity index (χ4v) is 3.41. The van der Waals surface area contributed by atoms with E-state index in [1.165, 1.54) is 0 Å². The van der Waals surface area contributed by atoms with Crippen molar-refractivity contribution >= 4 is 17.6 Å². The Bertz CT molecular complexity index is 1150. The average Bonchev–Trinajstić information content (AvgIpc) is 3.33. The molecule has 0 bridgehead atoms. The van der Waals surface area contributed by atoms with Gasteiger partial charge in [0, 0.05) is 18.4 Å². The van der Waals surface area contributed by atoms with E-state index in [-0.39, 0.29) is 0 Å². The Balaban J connectivity index is 1.34. The summed E-state index contributed by atoms with van der Waals surface area (Å²) in [5, 5.41) is 2.13. The molecule has 32 heavy (non-hydrogen) atoms. The average molecular weight is 432 g/mol. The summed E-state index contributed by atoms with van der Waals surface area (Å²) >= 11 is 0. The van der Waals surface area contributed by atoms with Gasteiger partial charge in [-0.25, -0.2) is 9.78 Å². The number of carbonyl (C=O) groups excluding carboxylic acids is 2. The summed E-state index contributed by atoms with van der Waals surface area (Å²) in [6, 6.07) is 17.5. The Kier molecular flexibility index (Phi) is 6.35. The number of ether oxygens (including phenoxy) is 2. The molecule has 0 aliphatic carbocycles. The number of hydrogen-bond acceptors (Lipinski definition) is 6. The van der Waals surface area contributed by atoms with Gasteiger partial charge >= 0.3 is 6.09 Å². The maximum Gasteiger partial charge on any atom is 0.414 e. The molecule has 0 radical (unpaired) electrons. The van der Waals surface area contributed by atoms with Crippen LogP contribution in [0, 0.1) is 6.92 Å². The number of imide groups is 1. The summed E-state index contributed by atoms with van der Waals surface area (Å²) in [7, 11) is 0.